The van der Waals surface area contributed by atoms with Crippen LogP contribution in [0.4, 0.5) is 0 Å². The van der Waals surface area contributed by atoms with Gasteiger partial charge in [-0.1, -0.05) is 55.7 Å². The van der Waals surface area contributed by atoms with Gasteiger partial charge in [0, 0.05) is 29.2 Å². The molecule has 1 aliphatic carbocycles. The van der Waals surface area contributed by atoms with Crippen LogP contribution in [0.15, 0.2) is 60.1 Å². The summed E-state index contributed by atoms with van der Waals surface area (Å²) >= 11 is 1.68. The summed E-state index contributed by atoms with van der Waals surface area (Å²) in [6.45, 7) is 3.36. The lowest BCUT2D eigenvalue weighted by molar-refractivity contribution is 0.0643. The normalized spacial score (nSPS) is 14.7. The third-order valence-electron chi connectivity index (χ3n) is 6.41. The fraction of sp³-hybridized carbons (Fsp3) is 0.346. The Morgan fingerprint density at radius 2 is 1.91 bits per heavy atom. The highest BCUT2D eigenvalue weighted by Crippen LogP contribution is 2.34. The van der Waals surface area contributed by atoms with Crippen molar-refractivity contribution in [3.8, 4) is 10.4 Å². The van der Waals surface area contributed by atoms with Crippen molar-refractivity contribution in [2.75, 3.05) is 6.54 Å². The number of rotatable bonds is 6. The molecule has 6 heteroatoms. The summed E-state index contributed by atoms with van der Waals surface area (Å²) in [6.07, 6.45) is 7.65. The highest BCUT2D eigenvalue weighted by Gasteiger charge is 2.30. The van der Waals surface area contributed by atoms with Gasteiger partial charge in [-0.15, -0.1) is 11.3 Å². The van der Waals surface area contributed by atoms with Gasteiger partial charge in [0.1, 0.15) is 0 Å². The largest absolute Gasteiger partial charge is 0.335 e. The van der Waals surface area contributed by atoms with Crippen LogP contribution in [-0.4, -0.2) is 38.2 Å². The smallest absolute Gasteiger partial charge is 0.275 e. The van der Waals surface area contributed by atoms with Crippen molar-refractivity contribution in [3.05, 3.63) is 71.4 Å². The number of amides is 1. The summed E-state index contributed by atoms with van der Waals surface area (Å²) in [6, 6.07) is 16.7. The number of benzene rings is 1. The Morgan fingerprint density at radius 3 is 2.62 bits per heavy atom. The van der Waals surface area contributed by atoms with Gasteiger partial charge in [-0.2, -0.15) is 5.10 Å². The summed E-state index contributed by atoms with van der Waals surface area (Å²) < 4.78 is 1.89. The number of fused-ring (bicyclic) bond motifs is 1. The monoisotopic (exact) mass is 444 g/mol. The van der Waals surface area contributed by atoms with E-state index in [1.807, 2.05) is 46.1 Å². The molecule has 5 rings (SSSR count). The molecule has 5 nitrogen and oxygen atoms in total. The first-order valence-electron chi connectivity index (χ1n) is 11.5. The van der Waals surface area contributed by atoms with Crippen LogP contribution in [0.25, 0.3) is 21.5 Å². The van der Waals surface area contributed by atoms with E-state index in [4.69, 9.17) is 5.10 Å². The van der Waals surface area contributed by atoms with E-state index in [2.05, 4.69) is 35.5 Å². The predicted octanol–water partition coefficient (Wildman–Crippen LogP) is 6.00. The molecule has 0 bridgehead atoms. The highest BCUT2D eigenvalue weighted by molar-refractivity contribution is 7.13. The van der Waals surface area contributed by atoms with Crippen LogP contribution in [0.1, 0.15) is 55.1 Å². The van der Waals surface area contributed by atoms with E-state index in [1.54, 1.807) is 11.3 Å². The molecular weight excluding hydrogens is 416 g/mol. The Balaban J connectivity index is 1.64. The molecule has 0 unspecified atom stereocenters. The van der Waals surface area contributed by atoms with E-state index in [1.165, 1.54) is 19.3 Å². The van der Waals surface area contributed by atoms with Crippen LogP contribution in [-0.2, 0) is 6.54 Å². The van der Waals surface area contributed by atoms with Crippen molar-refractivity contribution < 1.29 is 4.79 Å². The topological polar surface area (TPSA) is 51.0 Å². The van der Waals surface area contributed by atoms with Gasteiger partial charge in [-0.3, -0.25) is 4.79 Å². The first kappa shape index (κ1) is 20.9. The van der Waals surface area contributed by atoms with Gasteiger partial charge < -0.3 is 4.90 Å². The zero-order valence-electron chi connectivity index (χ0n) is 18.4. The van der Waals surface area contributed by atoms with E-state index in [-0.39, 0.29) is 5.91 Å². The molecule has 1 fully saturated rings. The molecule has 1 amide bonds. The molecule has 0 N–H and O–H groups in total. The van der Waals surface area contributed by atoms with E-state index in [0.717, 1.165) is 39.9 Å². The minimum Gasteiger partial charge on any atom is -0.335 e. The molecule has 1 aromatic carbocycles. The maximum absolute atomic E-state index is 13.9. The first-order chi connectivity index (χ1) is 15.8. The first-order valence-corrected chi connectivity index (χ1v) is 12.4. The molecule has 0 atom stereocenters. The van der Waals surface area contributed by atoms with Crippen molar-refractivity contribution >= 4 is 28.3 Å². The molecule has 0 aliphatic heterocycles. The Kier molecular flexibility index (Phi) is 6.04. The molecule has 164 valence electrons. The van der Waals surface area contributed by atoms with Crippen LogP contribution in [0, 0.1) is 0 Å². The quantitative estimate of drug-likeness (QED) is 0.366. The van der Waals surface area contributed by atoms with Crippen LogP contribution < -0.4 is 0 Å². The molecule has 0 radical (unpaired) electrons. The number of hydrogen-bond acceptors (Lipinski definition) is 4. The Bertz CT molecular complexity index is 1190. The van der Waals surface area contributed by atoms with Gasteiger partial charge in [-0.25, -0.2) is 9.67 Å². The molecule has 0 saturated heterocycles. The van der Waals surface area contributed by atoms with Crippen LogP contribution in [0.3, 0.4) is 0 Å². The summed E-state index contributed by atoms with van der Waals surface area (Å²) in [5.41, 5.74) is 3.47. The Labute approximate surface area is 192 Å². The lowest BCUT2D eigenvalue weighted by Gasteiger charge is -2.33. The minimum atomic E-state index is 0.0296. The zero-order valence-corrected chi connectivity index (χ0v) is 19.2. The van der Waals surface area contributed by atoms with Gasteiger partial charge >= 0.3 is 0 Å². The summed E-state index contributed by atoms with van der Waals surface area (Å²) in [4.78, 5) is 21.8. The van der Waals surface area contributed by atoms with Gasteiger partial charge in [0.15, 0.2) is 11.3 Å². The number of thiophene rings is 1. The van der Waals surface area contributed by atoms with Crippen molar-refractivity contribution in [3.63, 3.8) is 0 Å². The van der Waals surface area contributed by atoms with E-state index in [9.17, 15) is 4.79 Å². The fourth-order valence-corrected chi connectivity index (χ4v) is 5.61. The lowest BCUT2D eigenvalue weighted by Crippen LogP contribution is -2.41. The molecule has 3 heterocycles. The Morgan fingerprint density at radius 1 is 1.09 bits per heavy atom. The molecule has 4 aromatic rings. The van der Waals surface area contributed by atoms with Crippen LogP contribution >= 0.6 is 11.3 Å². The lowest BCUT2D eigenvalue weighted by atomic mass is 9.94. The molecular formula is C26H28N4OS. The standard InChI is InChI=1S/C26H28N4OS/c1-2-29(20-12-7-4-8-13-20)26(31)24-23-21(22-14-9-17-32-22)15-16-27-25(23)30(28-24)18-19-10-5-3-6-11-19/h3,5-6,9-11,14-17,20H,2,4,7-8,12-13,18H2,1H3. The van der Waals surface area contributed by atoms with Crippen LogP contribution in [0.5, 0.6) is 0 Å². The molecule has 1 saturated carbocycles. The van der Waals surface area contributed by atoms with Gasteiger partial charge in [0.05, 0.1) is 11.9 Å². The second kappa shape index (κ2) is 9.25. The zero-order chi connectivity index (χ0) is 21.9. The van der Waals surface area contributed by atoms with Crippen molar-refractivity contribution in [2.24, 2.45) is 0 Å². The number of carbonyl (C=O) groups excluding carboxylic acids is 1. The SMILES string of the molecule is CCN(C(=O)c1nn(Cc2ccccc2)c2nccc(-c3cccs3)c12)C1CCCCC1. The van der Waals surface area contributed by atoms with E-state index in [0.29, 0.717) is 24.8 Å². The average Bonchev–Trinajstić information content (AvgIpc) is 3.50. The molecule has 3 aromatic heterocycles. The maximum Gasteiger partial charge on any atom is 0.275 e. The minimum absolute atomic E-state index is 0.0296. The van der Waals surface area contributed by atoms with Gasteiger partial charge in [-0.05, 0) is 42.8 Å². The second-order valence-corrected chi connectivity index (χ2v) is 9.36. The Hall–Kier alpha value is -2.99. The van der Waals surface area contributed by atoms with E-state index < -0.39 is 0 Å². The number of nitrogens with zero attached hydrogens (tertiary/aromatic N) is 4. The third-order valence-corrected chi connectivity index (χ3v) is 7.32. The van der Waals surface area contributed by atoms with Crippen molar-refractivity contribution in [1.29, 1.82) is 0 Å². The summed E-state index contributed by atoms with van der Waals surface area (Å²) in [5, 5.41) is 7.82. The number of aromatic nitrogens is 3. The second-order valence-electron chi connectivity index (χ2n) is 8.41. The number of pyridine rings is 1. The molecule has 32 heavy (non-hydrogen) atoms. The average molecular weight is 445 g/mol. The predicted molar refractivity (Wildman–Crippen MR) is 130 cm³/mol. The maximum atomic E-state index is 13.9. The molecule has 1 aliphatic rings. The number of carbonyl (C=O) groups is 1. The van der Waals surface area contributed by atoms with Crippen molar-refractivity contribution in [2.45, 2.75) is 51.6 Å². The van der Waals surface area contributed by atoms with Crippen molar-refractivity contribution in [1.82, 2.24) is 19.7 Å². The third kappa shape index (κ3) is 3.95. The number of hydrogen-bond donors (Lipinski definition) is 0. The van der Waals surface area contributed by atoms with Gasteiger partial charge in [0.2, 0.25) is 0 Å². The summed E-state index contributed by atoms with van der Waals surface area (Å²) in [7, 11) is 0. The van der Waals surface area contributed by atoms with Gasteiger partial charge in [0.25, 0.3) is 5.91 Å². The van der Waals surface area contributed by atoms with E-state index >= 15 is 0 Å². The molecule has 0 spiro atoms. The highest BCUT2D eigenvalue weighted by atomic mass is 32.1. The van der Waals surface area contributed by atoms with Crippen LogP contribution in [0.2, 0.25) is 0 Å². The fourth-order valence-electron chi connectivity index (χ4n) is 4.85. The summed E-state index contributed by atoms with van der Waals surface area (Å²) in [5.74, 6) is 0.0296.